The number of carbonyl (C=O) groups excluding carboxylic acids is 2. The van der Waals surface area contributed by atoms with Gasteiger partial charge in [-0.1, -0.05) is 48.5 Å². The van der Waals surface area contributed by atoms with Gasteiger partial charge in [-0.3, -0.25) is 9.59 Å². The number of rotatable bonds is 5. The van der Waals surface area contributed by atoms with Gasteiger partial charge in [0.2, 0.25) is 0 Å². The zero-order chi connectivity index (χ0) is 19.1. The smallest absolute Gasteiger partial charge is 0.313 e. The van der Waals surface area contributed by atoms with E-state index in [1.807, 2.05) is 60.7 Å². The lowest BCUT2D eigenvalue weighted by Crippen LogP contribution is -2.36. The van der Waals surface area contributed by atoms with E-state index in [4.69, 9.17) is 4.74 Å². The van der Waals surface area contributed by atoms with Gasteiger partial charge in [-0.15, -0.1) is 0 Å². The van der Waals surface area contributed by atoms with E-state index in [9.17, 15) is 9.59 Å². The lowest BCUT2D eigenvalue weighted by molar-refractivity contribution is -0.142. The number of ether oxygens (including phenoxy) is 1. The number of amides is 2. The van der Waals surface area contributed by atoms with E-state index in [1.165, 1.54) is 4.90 Å². The van der Waals surface area contributed by atoms with Gasteiger partial charge in [-0.25, -0.2) is 0 Å². The summed E-state index contributed by atoms with van der Waals surface area (Å²) < 4.78 is 5.70. The highest BCUT2D eigenvalue weighted by Gasteiger charge is 2.18. The van der Waals surface area contributed by atoms with Crippen LogP contribution in [0.3, 0.4) is 0 Å². The summed E-state index contributed by atoms with van der Waals surface area (Å²) in [5.74, 6) is 0.104. The Bertz CT molecular complexity index is 894. The van der Waals surface area contributed by atoms with Crippen LogP contribution in [-0.4, -0.2) is 23.8 Å². The van der Waals surface area contributed by atoms with Crippen LogP contribution < -0.4 is 10.1 Å². The summed E-state index contributed by atoms with van der Waals surface area (Å²) in [5, 5.41) is 2.61. The second kappa shape index (κ2) is 8.67. The minimum Gasteiger partial charge on any atom is -0.457 e. The van der Waals surface area contributed by atoms with Gasteiger partial charge < -0.3 is 15.0 Å². The van der Waals surface area contributed by atoms with E-state index < -0.39 is 11.8 Å². The highest BCUT2D eigenvalue weighted by Crippen LogP contribution is 2.22. The molecule has 0 saturated heterocycles. The summed E-state index contributed by atoms with van der Waals surface area (Å²) in [4.78, 5) is 25.8. The van der Waals surface area contributed by atoms with Crippen LogP contribution in [0.1, 0.15) is 5.56 Å². The first-order valence-corrected chi connectivity index (χ1v) is 8.55. The fourth-order valence-electron chi connectivity index (χ4n) is 2.52. The molecule has 136 valence electrons. The van der Waals surface area contributed by atoms with Crippen LogP contribution in [0.15, 0.2) is 84.9 Å². The molecule has 0 bridgehead atoms. The molecule has 5 nitrogen and oxygen atoms in total. The molecule has 27 heavy (non-hydrogen) atoms. The Morgan fingerprint density at radius 3 is 2.00 bits per heavy atom. The lowest BCUT2D eigenvalue weighted by atomic mass is 10.2. The van der Waals surface area contributed by atoms with Crippen molar-refractivity contribution >= 4 is 17.5 Å². The van der Waals surface area contributed by atoms with Crippen LogP contribution in [0.25, 0.3) is 0 Å². The first kappa shape index (κ1) is 18.2. The molecule has 0 aliphatic heterocycles. The zero-order valence-electron chi connectivity index (χ0n) is 15.0. The van der Waals surface area contributed by atoms with Gasteiger partial charge in [0.1, 0.15) is 11.5 Å². The number of nitrogens with zero attached hydrogens (tertiary/aromatic N) is 1. The number of likely N-dealkylation sites (N-methyl/N-ethyl adjacent to an activating group) is 1. The van der Waals surface area contributed by atoms with Crippen molar-refractivity contribution in [2.24, 2.45) is 0 Å². The summed E-state index contributed by atoms with van der Waals surface area (Å²) in [6.07, 6.45) is 0. The molecule has 1 N–H and O–H groups in total. The molecule has 0 saturated carbocycles. The van der Waals surface area contributed by atoms with Crippen LogP contribution in [-0.2, 0) is 16.1 Å². The Morgan fingerprint density at radius 2 is 1.37 bits per heavy atom. The molecular weight excluding hydrogens is 340 g/mol. The number of benzene rings is 3. The summed E-state index contributed by atoms with van der Waals surface area (Å²) in [7, 11) is 1.60. The third-order valence-electron chi connectivity index (χ3n) is 3.89. The van der Waals surface area contributed by atoms with E-state index in [2.05, 4.69) is 5.32 Å². The topological polar surface area (TPSA) is 58.6 Å². The summed E-state index contributed by atoms with van der Waals surface area (Å²) >= 11 is 0. The van der Waals surface area contributed by atoms with Crippen molar-refractivity contribution in [3.8, 4) is 11.5 Å². The zero-order valence-corrected chi connectivity index (χ0v) is 15.0. The highest BCUT2D eigenvalue weighted by atomic mass is 16.5. The Morgan fingerprint density at radius 1 is 0.815 bits per heavy atom. The number of hydrogen-bond acceptors (Lipinski definition) is 3. The minimum absolute atomic E-state index is 0.372. The van der Waals surface area contributed by atoms with Crippen LogP contribution >= 0.6 is 0 Å². The van der Waals surface area contributed by atoms with Gasteiger partial charge in [0.05, 0.1) is 0 Å². The monoisotopic (exact) mass is 360 g/mol. The van der Waals surface area contributed by atoms with Crippen LogP contribution in [0, 0.1) is 0 Å². The second-order valence-electron chi connectivity index (χ2n) is 6.04. The molecule has 0 aliphatic rings. The maximum atomic E-state index is 12.2. The van der Waals surface area contributed by atoms with Crippen molar-refractivity contribution < 1.29 is 14.3 Å². The minimum atomic E-state index is -0.676. The Labute approximate surface area is 158 Å². The van der Waals surface area contributed by atoms with E-state index >= 15 is 0 Å². The third-order valence-corrected chi connectivity index (χ3v) is 3.89. The Balaban J connectivity index is 1.56. The van der Waals surface area contributed by atoms with Gasteiger partial charge in [-0.2, -0.15) is 0 Å². The molecule has 0 spiro atoms. The number of hydrogen-bond donors (Lipinski definition) is 1. The van der Waals surface area contributed by atoms with Crippen LogP contribution in [0.2, 0.25) is 0 Å². The average molecular weight is 360 g/mol. The van der Waals surface area contributed by atoms with Gasteiger partial charge >= 0.3 is 11.8 Å². The van der Waals surface area contributed by atoms with Crippen molar-refractivity contribution in [1.82, 2.24) is 4.90 Å². The van der Waals surface area contributed by atoms with Crippen molar-refractivity contribution in [1.29, 1.82) is 0 Å². The molecule has 0 atom stereocenters. The Kier molecular flexibility index (Phi) is 5.84. The SMILES string of the molecule is CN(Cc1ccccc1)C(=O)C(=O)Nc1ccc(Oc2ccccc2)cc1. The first-order chi connectivity index (χ1) is 13.1. The number of nitrogens with one attached hydrogen (secondary N) is 1. The van der Waals surface area contributed by atoms with Crippen molar-refractivity contribution in [2.75, 3.05) is 12.4 Å². The molecule has 0 aromatic heterocycles. The molecular formula is C22H20N2O3. The predicted molar refractivity (Wildman–Crippen MR) is 105 cm³/mol. The first-order valence-electron chi connectivity index (χ1n) is 8.55. The average Bonchev–Trinajstić information content (AvgIpc) is 2.70. The van der Waals surface area contributed by atoms with Crippen LogP contribution in [0.5, 0.6) is 11.5 Å². The molecule has 3 rings (SSSR count). The Hall–Kier alpha value is -3.60. The fourth-order valence-corrected chi connectivity index (χ4v) is 2.52. The molecule has 0 unspecified atom stereocenters. The normalized spacial score (nSPS) is 10.1. The van der Waals surface area contributed by atoms with Crippen molar-refractivity contribution in [2.45, 2.75) is 6.54 Å². The quantitative estimate of drug-likeness (QED) is 0.698. The molecule has 0 fully saturated rings. The summed E-state index contributed by atoms with van der Waals surface area (Å²) in [6.45, 7) is 0.372. The maximum absolute atomic E-state index is 12.2. The number of para-hydroxylation sites is 1. The molecule has 0 heterocycles. The molecule has 0 radical (unpaired) electrons. The number of carbonyl (C=O) groups is 2. The molecule has 0 aliphatic carbocycles. The standard InChI is InChI=1S/C22H20N2O3/c1-24(16-17-8-4-2-5-9-17)22(26)21(25)23-18-12-14-20(15-13-18)27-19-10-6-3-7-11-19/h2-15H,16H2,1H3,(H,23,25). The largest absolute Gasteiger partial charge is 0.457 e. The number of anilines is 1. The maximum Gasteiger partial charge on any atom is 0.313 e. The van der Waals surface area contributed by atoms with Gasteiger partial charge in [-0.05, 0) is 42.0 Å². The highest BCUT2D eigenvalue weighted by molar-refractivity contribution is 6.39. The predicted octanol–water partition coefficient (Wildman–Crippen LogP) is 4.08. The fraction of sp³-hybridized carbons (Fsp3) is 0.0909. The van der Waals surface area contributed by atoms with Crippen LogP contribution in [0.4, 0.5) is 5.69 Å². The summed E-state index contributed by atoms with van der Waals surface area (Å²) in [5.41, 5.74) is 1.49. The van der Waals surface area contributed by atoms with Crippen molar-refractivity contribution in [3.63, 3.8) is 0 Å². The van der Waals surface area contributed by atoms with E-state index in [0.717, 1.165) is 11.3 Å². The molecule has 5 heteroatoms. The summed E-state index contributed by atoms with van der Waals surface area (Å²) in [6, 6.07) is 25.8. The lowest BCUT2D eigenvalue weighted by Gasteiger charge is -2.16. The van der Waals surface area contributed by atoms with E-state index in [0.29, 0.717) is 18.0 Å². The second-order valence-corrected chi connectivity index (χ2v) is 6.04. The van der Waals surface area contributed by atoms with E-state index in [-0.39, 0.29) is 0 Å². The van der Waals surface area contributed by atoms with Crippen molar-refractivity contribution in [3.05, 3.63) is 90.5 Å². The molecule has 3 aromatic rings. The van der Waals surface area contributed by atoms with Gasteiger partial charge in [0.15, 0.2) is 0 Å². The van der Waals surface area contributed by atoms with Gasteiger partial charge in [0, 0.05) is 19.3 Å². The van der Waals surface area contributed by atoms with Gasteiger partial charge in [0.25, 0.3) is 0 Å². The van der Waals surface area contributed by atoms with E-state index in [1.54, 1.807) is 31.3 Å². The third kappa shape index (κ3) is 5.19. The molecule has 3 aromatic carbocycles. The molecule has 2 amide bonds.